The molecule has 16 heavy (non-hydrogen) atoms. The molecule has 1 aliphatic carbocycles. The number of rotatable bonds is 4. The number of hydrogen-bond donors (Lipinski definition) is 1. The molecule has 0 unspecified atom stereocenters. The van der Waals surface area contributed by atoms with E-state index < -0.39 is 0 Å². The first-order valence-electron chi connectivity index (χ1n) is 6.11. The predicted octanol–water partition coefficient (Wildman–Crippen LogP) is 1.52. The van der Waals surface area contributed by atoms with E-state index in [1.54, 1.807) is 4.90 Å². The molecule has 3 nitrogen and oxygen atoms in total. The molecule has 1 aliphatic rings. The fourth-order valence-electron chi connectivity index (χ4n) is 2.33. The summed E-state index contributed by atoms with van der Waals surface area (Å²) in [6, 6.07) is 0. The maximum atomic E-state index is 12.0. The van der Waals surface area contributed by atoms with Crippen LogP contribution in [0.2, 0.25) is 0 Å². The van der Waals surface area contributed by atoms with Crippen LogP contribution in [0.25, 0.3) is 0 Å². The first-order chi connectivity index (χ1) is 7.61. The molecule has 1 amide bonds. The minimum atomic E-state index is -0.280. The van der Waals surface area contributed by atoms with E-state index in [0.29, 0.717) is 19.5 Å². The van der Waals surface area contributed by atoms with Gasteiger partial charge in [-0.15, -0.1) is 6.42 Å². The highest BCUT2D eigenvalue weighted by Crippen LogP contribution is 2.29. The molecule has 90 valence electrons. The van der Waals surface area contributed by atoms with Crippen LogP contribution in [0.5, 0.6) is 0 Å². The van der Waals surface area contributed by atoms with Crippen molar-refractivity contribution < 1.29 is 4.79 Å². The quantitative estimate of drug-likeness (QED) is 0.733. The molecule has 0 spiro atoms. The van der Waals surface area contributed by atoms with E-state index in [0.717, 1.165) is 25.7 Å². The van der Waals surface area contributed by atoms with Crippen molar-refractivity contribution in [2.75, 3.05) is 13.1 Å². The molecule has 0 heterocycles. The molecule has 0 aromatic carbocycles. The Hall–Kier alpha value is -1.01. The minimum absolute atomic E-state index is 0.102. The third kappa shape index (κ3) is 3.53. The third-order valence-corrected chi connectivity index (χ3v) is 3.37. The molecule has 0 atom stereocenters. The molecular formula is C13H22N2O. The molecular weight excluding hydrogens is 200 g/mol. The van der Waals surface area contributed by atoms with Crippen LogP contribution < -0.4 is 5.73 Å². The van der Waals surface area contributed by atoms with E-state index in [2.05, 4.69) is 5.92 Å². The lowest BCUT2D eigenvalue weighted by Gasteiger charge is -2.34. The van der Waals surface area contributed by atoms with Gasteiger partial charge in [-0.25, -0.2) is 0 Å². The Kier molecular flexibility index (Phi) is 4.82. The Balaban J connectivity index is 2.51. The van der Waals surface area contributed by atoms with E-state index in [1.807, 2.05) is 6.92 Å². The van der Waals surface area contributed by atoms with Gasteiger partial charge in [-0.05, 0) is 19.8 Å². The highest BCUT2D eigenvalue weighted by atomic mass is 16.2. The van der Waals surface area contributed by atoms with Crippen LogP contribution in [0.15, 0.2) is 0 Å². The van der Waals surface area contributed by atoms with Crippen LogP contribution in [-0.2, 0) is 4.79 Å². The van der Waals surface area contributed by atoms with E-state index in [-0.39, 0.29) is 11.4 Å². The summed E-state index contributed by atoms with van der Waals surface area (Å²) in [6.07, 6.45) is 11.1. The van der Waals surface area contributed by atoms with Gasteiger partial charge in [0.05, 0.1) is 6.54 Å². The Morgan fingerprint density at radius 2 is 2.06 bits per heavy atom. The SMILES string of the molecule is C#CCN(CC)C(=O)CC1(N)CCCCC1. The van der Waals surface area contributed by atoms with E-state index in [1.165, 1.54) is 6.42 Å². The van der Waals surface area contributed by atoms with Crippen LogP contribution in [0, 0.1) is 12.3 Å². The van der Waals surface area contributed by atoms with Crippen LogP contribution in [0.1, 0.15) is 45.4 Å². The van der Waals surface area contributed by atoms with Crippen molar-refractivity contribution in [2.24, 2.45) is 5.73 Å². The van der Waals surface area contributed by atoms with Crippen LogP contribution in [-0.4, -0.2) is 29.4 Å². The Morgan fingerprint density at radius 3 is 2.56 bits per heavy atom. The molecule has 0 bridgehead atoms. The van der Waals surface area contributed by atoms with Gasteiger partial charge in [-0.2, -0.15) is 0 Å². The number of amides is 1. The zero-order valence-electron chi connectivity index (χ0n) is 10.2. The smallest absolute Gasteiger partial charge is 0.225 e. The average Bonchev–Trinajstić information content (AvgIpc) is 2.26. The maximum absolute atomic E-state index is 12.0. The van der Waals surface area contributed by atoms with Gasteiger partial charge in [0, 0.05) is 18.5 Å². The van der Waals surface area contributed by atoms with Crippen molar-refractivity contribution in [3.63, 3.8) is 0 Å². The van der Waals surface area contributed by atoms with Crippen molar-refractivity contribution in [3.05, 3.63) is 0 Å². The van der Waals surface area contributed by atoms with E-state index in [9.17, 15) is 4.79 Å². The molecule has 1 saturated carbocycles. The monoisotopic (exact) mass is 222 g/mol. The predicted molar refractivity (Wildman–Crippen MR) is 65.7 cm³/mol. The largest absolute Gasteiger partial charge is 0.332 e. The molecule has 2 N–H and O–H groups in total. The summed E-state index contributed by atoms with van der Waals surface area (Å²) in [4.78, 5) is 13.7. The minimum Gasteiger partial charge on any atom is -0.332 e. The zero-order chi connectivity index (χ0) is 12.0. The van der Waals surface area contributed by atoms with Crippen molar-refractivity contribution in [2.45, 2.75) is 51.0 Å². The van der Waals surface area contributed by atoms with Crippen molar-refractivity contribution in [3.8, 4) is 12.3 Å². The Morgan fingerprint density at radius 1 is 1.44 bits per heavy atom. The Labute approximate surface area is 98.4 Å². The van der Waals surface area contributed by atoms with Crippen molar-refractivity contribution in [1.29, 1.82) is 0 Å². The van der Waals surface area contributed by atoms with Gasteiger partial charge in [0.2, 0.25) is 5.91 Å². The molecule has 0 aromatic rings. The van der Waals surface area contributed by atoms with E-state index >= 15 is 0 Å². The molecule has 1 rings (SSSR count). The maximum Gasteiger partial charge on any atom is 0.225 e. The van der Waals surface area contributed by atoms with Gasteiger partial charge in [0.15, 0.2) is 0 Å². The lowest BCUT2D eigenvalue weighted by molar-refractivity contribution is -0.132. The fourth-order valence-corrected chi connectivity index (χ4v) is 2.33. The van der Waals surface area contributed by atoms with Crippen LogP contribution >= 0.6 is 0 Å². The van der Waals surface area contributed by atoms with E-state index in [4.69, 9.17) is 12.2 Å². The number of carbonyl (C=O) groups excluding carboxylic acids is 1. The number of carbonyl (C=O) groups is 1. The fraction of sp³-hybridized carbons (Fsp3) is 0.769. The molecule has 0 radical (unpaired) electrons. The number of terminal acetylenes is 1. The summed E-state index contributed by atoms with van der Waals surface area (Å²) in [5, 5.41) is 0. The summed E-state index contributed by atoms with van der Waals surface area (Å²) < 4.78 is 0. The van der Waals surface area contributed by atoms with Gasteiger partial charge in [-0.1, -0.05) is 25.2 Å². The molecule has 0 aromatic heterocycles. The number of nitrogens with two attached hydrogens (primary N) is 1. The normalized spacial score (nSPS) is 18.8. The van der Waals surface area contributed by atoms with Crippen LogP contribution in [0.4, 0.5) is 0 Å². The summed E-state index contributed by atoms with van der Waals surface area (Å²) in [5.74, 6) is 2.62. The lowest BCUT2D eigenvalue weighted by atomic mass is 9.80. The second-order valence-electron chi connectivity index (χ2n) is 4.71. The average molecular weight is 222 g/mol. The summed E-state index contributed by atoms with van der Waals surface area (Å²) in [7, 11) is 0. The summed E-state index contributed by atoms with van der Waals surface area (Å²) >= 11 is 0. The topological polar surface area (TPSA) is 46.3 Å². The molecule has 0 saturated heterocycles. The second-order valence-corrected chi connectivity index (χ2v) is 4.71. The van der Waals surface area contributed by atoms with Gasteiger partial charge in [0.1, 0.15) is 0 Å². The van der Waals surface area contributed by atoms with Crippen molar-refractivity contribution in [1.82, 2.24) is 4.90 Å². The first-order valence-corrected chi connectivity index (χ1v) is 6.11. The number of nitrogens with zero attached hydrogens (tertiary/aromatic N) is 1. The second kappa shape index (κ2) is 5.91. The molecule has 1 fully saturated rings. The first kappa shape index (κ1) is 13.1. The molecule has 3 heteroatoms. The van der Waals surface area contributed by atoms with Gasteiger partial charge in [0.25, 0.3) is 0 Å². The van der Waals surface area contributed by atoms with Gasteiger partial charge >= 0.3 is 0 Å². The standard InChI is InChI=1S/C13H22N2O/c1-3-10-15(4-2)12(16)11-13(14)8-6-5-7-9-13/h1H,4-11,14H2,2H3. The van der Waals surface area contributed by atoms with Gasteiger partial charge < -0.3 is 10.6 Å². The highest BCUT2D eigenvalue weighted by Gasteiger charge is 2.31. The van der Waals surface area contributed by atoms with Gasteiger partial charge in [-0.3, -0.25) is 4.79 Å². The summed E-state index contributed by atoms with van der Waals surface area (Å²) in [6.45, 7) is 3.00. The van der Waals surface area contributed by atoms with Crippen LogP contribution in [0.3, 0.4) is 0 Å². The third-order valence-electron chi connectivity index (χ3n) is 3.37. The van der Waals surface area contributed by atoms with Crippen molar-refractivity contribution >= 4 is 5.91 Å². The highest BCUT2D eigenvalue weighted by molar-refractivity contribution is 5.77. The summed E-state index contributed by atoms with van der Waals surface area (Å²) in [5.41, 5.74) is 5.97. The molecule has 0 aliphatic heterocycles. The Bertz CT molecular complexity index is 274. The lowest BCUT2D eigenvalue weighted by Crippen LogP contribution is -2.47. The number of hydrogen-bond acceptors (Lipinski definition) is 2. The zero-order valence-corrected chi connectivity index (χ0v) is 10.2.